The molecule has 9 rings (SSSR count). The zero-order valence-corrected chi connectivity index (χ0v) is 35.9. The smallest absolute Gasteiger partial charge is 0.258 e. The third kappa shape index (κ3) is 8.62. The molecule has 4 aliphatic rings. The molecule has 4 heterocycles. The van der Waals surface area contributed by atoms with Gasteiger partial charge in [0.15, 0.2) is 11.5 Å². The molecule has 11 nitrogen and oxygen atoms in total. The van der Waals surface area contributed by atoms with Crippen molar-refractivity contribution < 1.29 is 38.0 Å². The molecule has 5 aromatic rings. The zero-order chi connectivity index (χ0) is 42.6. The minimum absolute atomic E-state index is 0.00532. The summed E-state index contributed by atoms with van der Waals surface area (Å²) in [6.45, 7) is 5.80. The molecule has 0 unspecified atom stereocenters. The van der Waals surface area contributed by atoms with Gasteiger partial charge in [-0.1, -0.05) is 36.4 Å². The molecular formula is C51H55N3O8. The number of amides is 2. The van der Waals surface area contributed by atoms with Gasteiger partial charge >= 0.3 is 0 Å². The van der Waals surface area contributed by atoms with Crippen molar-refractivity contribution in [3.05, 3.63) is 141 Å². The summed E-state index contributed by atoms with van der Waals surface area (Å²) in [5, 5.41) is 3.52. The fourth-order valence-electron chi connectivity index (χ4n) is 9.49. The Labute approximate surface area is 363 Å². The molecule has 5 aromatic carbocycles. The van der Waals surface area contributed by atoms with Crippen LogP contribution < -0.4 is 29.3 Å². The van der Waals surface area contributed by atoms with Gasteiger partial charge in [0, 0.05) is 53.9 Å². The molecule has 62 heavy (non-hydrogen) atoms. The van der Waals surface area contributed by atoms with Gasteiger partial charge in [0.25, 0.3) is 11.8 Å². The van der Waals surface area contributed by atoms with Crippen LogP contribution in [0.4, 0.5) is 17.1 Å². The van der Waals surface area contributed by atoms with Crippen molar-refractivity contribution in [1.82, 2.24) is 0 Å². The monoisotopic (exact) mass is 837 g/mol. The lowest BCUT2D eigenvalue weighted by molar-refractivity contribution is 0.0272. The largest absolute Gasteiger partial charge is 0.493 e. The summed E-state index contributed by atoms with van der Waals surface area (Å²) in [6, 6.07) is 30.9. The van der Waals surface area contributed by atoms with E-state index in [1.807, 2.05) is 59.2 Å². The summed E-state index contributed by atoms with van der Waals surface area (Å²) in [5.74, 6) is 1.95. The Bertz CT molecular complexity index is 2450. The normalized spacial score (nSPS) is 17.3. The lowest BCUT2D eigenvalue weighted by Crippen LogP contribution is -2.36. The molecule has 2 atom stereocenters. The maximum Gasteiger partial charge on any atom is 0.258 e. The van der Waals surface area contributed by atoms with Crippen molar-refractivity contribution >= 4 is 28.9 Å². The average Bonchev–Trinajstić information content (AvgIpc) is 3.78. The van der Waals surface area contributed by atoms with Crippen LogP contribution in [0.1, 0.15) is 72.5 Å². The van der Waals surface area contributed by atoms with Crippen molar-refractivity contribution in [1.29, 1.82) is 0 Å². The van der Waals surface area contributed by atoms with Crippen LogP contribution in [0.25, 0.3) is 0 Å². The minimum Gasteiger partial charge on any atom is -0.493 e. The van der Waals surface area contributed by atoms with Gasteiger partial charge in [-0.15, -0.1) is 0 Å². The number of anilines is 3. The Morgan fingerprint density at radius 3 is 1.76 bits per heavy atom. The molecule has 0 saturated carbocycles. The molecule has 2 amide bonds. The van der Waals surface area contributed by atoms with Crippen molar-refractivity contribution in [3.8, 4) is 17.2 Å². The Balaban J connectivity index is 0.914. The second-order valence-corrected chi connectivity index (χ2v) is 16.6. The summed E-state index contributed by atoms with van der Waals surface area (Å²) in [7, 11) is 3.27. The van der Waals surface area contributed by atoms with Crippen LogP contribution in [0, 0.1) is 6.92 Å². The van der Waals surface area contributed by atoms with Crippen LogP contribution in [0.5, 0.6) is 17.2 Å². The molecule has 0 spiro atoms. The van der Waals surface area contributed by atoms with E-state index in [2.05, 4.69) is 53.8 Å². The molecule has 0 saturated heterocycles. The number of nitrogens with one attached hydrogen (secondary N) is 1. The number of benzene rings is 5. The summed E-state index contributed by atoms with van der Waals surface area (Å²) in [6.07, 6.45) is 5.09. The van der Waals surface area contributed by atoms with E-state index in [4.69, 9.17) is 28.4 Å². The fraction of sp³-hybridized carbons (Fsp3) is 0.373. The van der Waals surface area contributed by atoms with E-state index in [1.165, 1.54) is 11.1 Å². The van der Waals surface area contributed by atoms with Crippen LogP contribution in [0.15, 0.2) is 91.0 Å². The predicted molar refractivity (Wildman–Crippen MR) is 239 cm³/mol. The van der Waals surface area contributed by atoms with Gasteiger partial charge in [0.1, 0.15) is 19.0 Å². The number of fused-ring (bicyclic) bond motifs is 8. The molecule has 322 valence electrons. The summed E-state index contributed by atoms with van der Waals surface area (Å²) in [4.78, 5) is 32.0. The molecule has 0 bridgehead atoms. The molecule has 0 radical (unpaired) electrons. The van der Waals surface area contributed by atoms with Crippen molar-refractivity contribution in [2.75, 3.05) is 68.9 Å². The highest BCUT2D eigenvalue weighted by molar-refractivity contribution is 6.10. The highest BCUT2D eigenvalue weighted by Gasteiger charge is 2.39. The minimum atomic E-state index is 0.00532. The SMILES string of the molecule is COCCOCCOCCNc1cc(COc2cc3c(cc2C)C(=O)N2c4ccccc4C[C@H]2CC3)cc(COc2cc3c(cc2OC)C(=O)N2c4ccccc4C[C@H]2CC3)c1. The average molecular weight is 838 g/mol. The van der Waals surface area contributed by atoms with Gasteiger partial charge in [0.05, 0.1) is 40.1 Å². The lowest BCUT2D eigenvalue weighted by Gasteiger charge is -2.23. The number of methoxy groups -OCH3 is 2. The third-order valence-electron chi connectivity index (χ3n) is 12.5. The van der Waals surface area contributed by atoms with Crippen molar-refractivity contribution in [2.24, 2.45) is 0 Å². The third-order valence-corrected chi connectivity index (χ3v) is 12.5. The topological polar surface area (TPSA) is 108 Å². The predicted octanol–water partition coefficient (Wildman–Crippen LogP) is 8.29. The molecule has 0 aromatic heterocycles. The van der Waals surface area contributed by atoms with Gasteiger partial charge in [-0.3, -0.25) is 9.59 Å². The first-order chi connectivity index (χ1) is 30.4. The Hall–Kier alpha value is -5.88. The summed E-state index contributed by atoms with van der Waals surface area (Å²) >= 11 is 0. The van der Waals surface area contributed by atoms with E-state index in [-0.39, 0.29) is 30.5 Å². The van der Waals surface area contributed by atoms with Crippen LogP contribution in [0.2, 0.25) is 0 Å². The van der Waals surface area contributed by atoms with Gasteiger partial charge < -0.3 is 43.5 Å². The number of hydrogen-bond acceptors (Lipinski definition) is 9. The van der Waals surface area contributed by atoms with E-state index in [0.717, 1.165) is 94.7 Å². The maximum atomic E-state index is 14.1. The number of ether oxygens (including phenoxy) is 6. The van der Waals surface area contributed by atoms with Crippen LogP contribution in [-0.4, -0.2) is 77.7 Å². The lowest BCUT2D eigenvalue weighted by atomic mass is 9.98. The Kier molecular flexibility index (Phi) is 12.5. The van der Waals surface area contributed by atoms with Crippen molar-refractivity contribution in [2.45, 2.75) is 70.7 Å². The van der Waals surface area contributed by atoms with Crippen LogP contribution in [-0.2, 0) is 53.1 Å². The number of nitrogens with zero attached hydrogens (tertiary/aromatic N) is 2. The standard InChI is InChI=1S/C51H55N3O8/c1-33-22-43-36(12-14-41-26-38-8-4-6-10-45(38)53(41)50(43)55)28-47(33)61-31-34-23-35(25-40(24-34)52-16-17-59-20-21-60-19-18-57-2)32-62-49-29-37-13-15-42-27-39-9-5-7-11-46(39)54(42)51(56)44(37)30-48(49)58-3/h4-11,22-25,28-30,41-42,52H,12-21,26-27,31-32H2,1-3H3/t41-,42-/m1/s1. The molecule has 0 aliphatic carbocycles. The molecule has 4 aliphatic heterocycles. The zero-order valence-electron chi connectivity index (χ0n) is 35.9. The number of carbonyl (C=O) groups is 2. The number of para-hydroxylation sites is 2. The van der Waals surface area contributed by atoms with E-state index in [1.54, 1.807) is 14.2 Å². The van der Waals surface area contributed by atoms with E-state index in [0.29, 0.717) is 63.2 Å². The van der Waals surface area contributed by atoms with Gasteiger partial charge in [-0.25, -0.2) is 0 Å². The quantitative estimate of drug-likeness (QED) is 0.0927. The Morgan fingerprint density at radius 2 is 1.15 bits per heavy atom. The van der Waals surface area contributed by atoms with Gasteiger partial charge in [-0.05, 0) is 139 Å². The first-order valence-electron chi connectivity index (χ1n) is 21.8. The van der Waals surface area contributed by atoms with E-state index < -0.39 is 0 Å². The van der Waals surface area contributed by atoms with E-state index >= 15 is 0 Å². The maximum absolute atomic E-state index is 14.1. The Morgan fingerprint density at radius 1 is 0.597 bits per heavy atom. The molecule has 0 fully saturated rings. The van der Waals surface area contributed by atoms with E-state index in [9.17, 15) is 9.59 Å². The second kappa shape index (κ2) is 18.6. The first kappa shape index (κ1) is 41.5. The van der Waals surface area contributed by atoms with Crippen LogP contribution >= 0.6 is 0 Å². The fourth-order valence-corrected chi connectivity index (χ4v) is 9.49. The number of hydrogen-bond donors (Lipinski definition) is 1. The summed E-state index contributed by atoms with van der Waals surface area (Å²) in [5.41, 5.74) is 11.6. The first-order valence-corrected chi connectivity index (χ1v) is 21.8. The highest BCUT2D eigenvalue weighted by atomic mass is 16.5. The number of carbonyl (C=O) groups excluding carboxylic acids is 2. The second-order valence-electron chi connectivity index (χ2n) is 16.6. The number of aryl methyl sites for hydroxylation is 3. The molecule has 1 N–H and O–H groups in total. The highest BCUT2D eigenvalue weighted by Crippen LogP contribution is 2.42. The molecule has 11 heteroatoms. The summed E-state index contributed by atoms with van der Waals surface area (Å²) < 4.78 is 35.3. The number of rotatable bonds is 17. The van der Waals surface area contributed by atoms with Crippen molar-refractivity contribution in [3.63, 3.8) is 0 Å². The molecular weight excluding hydrogens is 783 g/mol. The van der Waals surface area contributed by atoms with Crippen LogP contribution in [0.3, 0.4) is 0 Å². The van der Waals surface area contributed by atoms with Gasteiger partial charge in [-0.2, -0.15) is 0 Å². The van der Waals surface area contributed by atoms with Gasteiger partial charge in [0.2, 0.25) is 0 Å².